The molecule has 2 aromatic heterocycles. The third-order valence-electron chi connectivity index (χ3n) is 5.82. The van der Waals surface area contributed by atoms with Crippen molar-refractivity contribution in [2.45, 2.75) is 30.0 Å². The highest BCUT2D eigenvalue weighted by Gasteiger charge is 2.49. The first-order chi connectivity index (χ1) is 17.3. The Kier molecular flexibility index (Phi) is 6.98. The van der Waals surface area contributed by atoms with Crippen LogP contribution in [0.2, 0.25) is 5.02 Å². The average Bonchev–Trinajstić information content (AvgIpc) is 3.61. The van der Waals surface area contributed by atoms with Gasteiger partial charge in [0.05, 0.1) is 5.57 Å². The van der Waals surface area contributed by atoms with Crippen molar-refractivity contribution in [2.24, 2.45) is 0 Å². The molecule has 0 radical (unpaired) electrons. The number of benzene rings is 2. The summed E-state index contributed by atoms with van der Waals surface area (Å²) in [4.78, 5) is 28.7. The molecule has 3 heterocycles. The Morgan fingerprint density at radius 3 is 2.67 bits per heavy atom. The number of aliphatic hydroxyl groups excluding tert-OH is 1. The van der Waals surface area contributed by atoms with Gasteiger partial charge in [0.2, 0.25) is 5.13 Å². The number of hydrogen-bond donors (Lipinski definition) is 1. The zero-order valence-electron chi connectivity index (χ0n) is 19.3. The molecule has 36 heavy (non-hydrogen) atoms. The fraction of sp³-hybridized carbons (Fsp3) is 0.154. The minimum Gasteiger partial charge on any atom is -0.507 e. The second-order valence-electron chi connectivity index (χ2n) is 8.23. The van der Waals surface area contributed by atoms with Gasteiger partial charge < -0.3 is 5.11 Å². The molecule has 1 aliphatic rings. The number of thiophene rings is 1. The fourth-order valence-electron chi connectivity index (χ4n) is 4.00. The van der Waals surface area contributed by atoms with Crippen LogP contribution in [0.1, 0.15) is 33.2 Å². The third-order valence-corrected chi connectivity index (χ3v) is 9.21. The van der Waals surface area contributed by atoms with Crippen LogP contribution >= 0.6 is 46.0 Å². The van der Waals surface area contributed by atoms with Crippen molar-refractivity contribution in [1.29, 1.82) is 0 Å². The SMILES string of the molecule is Cc1ccc(C)c(C(O)=C2C(=O)C(=O)N(c3nnc(SCc4ccccc4Cl)s3)C2c2cccs2)c1. The molecule has 6 nitrogen and oxygen atoms in total. The van der Waals surface area contributed by atoms with Crippen molar-refractivity contribution >= 4 is 68.6 Å². The van der Waals surface area contributed by atoms with E-state index in [0.717, 1.165) is 21.6 Å². The van der Waals surface area contributed by atoms with Crippen molar-refractivity contribution in [3.05, 3.63) is 97.7 Å². The van der Waals surface area contributed by atoms with Crippen LogP contribution in [-0.4, -0.2) is 27.0 Å². The molecule has 1 N–H and O–H groups in total. The standard InChI is InChI=1S/C26H20ClN3O3S3/c1-14-9-10-15(2)17(12-14)22(31)20-21(19-8-5-11-34-19)30(24(33)23(20)32)25-28-29-26(36-25)35-13-16-6-3-4-7-18(16)27/h3-12,21,31H,13H2,1-2H3. The molecule has 5 rings (SSSR count). The van der Waals surface area contributed by atoms with E-state index in [9.17, 15) is 14.7 Å². The highest BCUT2D eigenvalue weighted by atomic mass is 35.5. The molecule has 1 atom stereocenters. The second kappa shape index (κ2) is 10.2. The van der Waals surface area contributed by atoms with Gasteiger partial charge in [-0.25, -0.2) is 0 Å². The van der Waals surface area contributed by atoms with Crippen LogP contribution in [0.25, 0.3) is 5.76 Å². The third kappa shape index (κ3) is 4.59. The Bertz CT molecular complexity index is 1500. The molecule has 1 fully saturated rings. The summed E-state index contributed by atoms with van der Waals surface area (Å²) in [6.45, 7) is 3.77. The summed E-state index contributed by atoms with van der Waals surface area (Å²) >= 11 is 10.4. The second-order valence-corrected chi connectivity index (χ2v) is 11.8. The van der Waals surface area contributed by atoms with Crippen LogP contribution < -0.4 is 4.90 Å². The molecule has 0 spiro atoms. The van der Waals surface area contributed by atoms with E-state index in [0.29, 0.717) is 25.8 Å². The van der Waals surface area contributed by atoms with Crippen LogP contribution in [0.4, 0.5) is 5.13 Å². The van der Waals surface area contributed by atoms with E-state index in [4.69, 9.17) is 11.6 Å². The molecule has 2 aromatic carbocycles. The maximum atomic E-state index is 13.3. The molecule has 1 saturated heterocycles. The Labute approximate surface area is 225 Å². The average molecular weight is 554 g/mol. The molecule has 0 saturated carbocycles. The van der Waals surface area contributed by atoms with E-state index in [1.54, 1.807) is 0 Å². The minimum atomic E-state index is -0.792. The number of ketones is 1. The number of amides is 1. The van der Waals surface area contributed by atoms with E-state index in [1.807, 2.05) is 73.8 Å². The van der Waals surface area contributed by atoms with Gasteiger partial charge in [-0.2, -0.15) is 0 Å². The van der Waals surface area contributed by atoms with Crippen LogP contribution in [0.3, 0.4) is 0 Å². The number of aromatic nitrogens is 2. The molecule has 10 heteroatoms. The summed E-state index contributed by atoms with van der Waals surface area (Å²) < 4.78 is 0.645. The number of carbonyl (C=O) groups is 2. The van der Waals surface area contributed by atoms with Gasteiger partial charge in [-0.05, 0) is 48.6 Å². The van der Waals surface area contributed by atoms with Gasteiger partial charge in [0, 0.05) is 21.2 Å². The lowest BCUT2D eigenvalue weighted by Crippen LogP contribution is -2.29. The molecule has 4 aromatic rings. The fourth-order valence-corrected chi connectivity index (χ4v) is 6.97. The zero-order valence-corrected chi connectivity index (χ0v) is 22.5. The number of halogens is 1. The van der Waals surface area contributed by atoms with E-state index < -0.39 is 17.7 Å². The number of Topliss-reactive ketones (excluding diaryl/α,β-unsaturated/α-hetero) is 1. The van der Waals surface area contributed by atoms with Crippen molar-refractivity contribution < 1.29 is 14.7 Å². The van der Waals surface area contributed by atoms with Gasteiger partial charge in [-0.1, -0.05) is 76.7 Å². The van der Waals surface area contributed by atoms with Crippen LogP contribution in [0.5, 0.6) is 0 Å². The summed E-state index contributed by atoms with van der Waals surface area (Å²) in [6, 6.07) is 16.1. The Hall–Kier alpha value is -2.98. The van der Waals surface area contributed by atoms with Gasteiger partial charge in [0.25, 0.3) is 5.78 Å². The van der Waals surface area contributed by atoms with Crippen molar-refractivity contribution in [3.8, 4) is 0 Å². The Morgan fingerprint density at radius 1 is 1.11 bits per heavy atom. The number of rotatable bonds is 6. The minimum absolute atomic E-state index is 0.0524. The smallest absolute Gasteiger partial charge is 0.301 e. The predicted octanol–water partition coefficient (Wildman–Crippen LogP) is 6.79. The van der Waals surface area contributed by atoms with Crippen molar-refractivity contribution in [1.82, 2.24) is 10.2 Å². The molecular formula is C26H20ClN3O3S3. The first kappa shape index (κ1) is 24.7. The molecule has 1 amide bonds. The summed E-state index contributed by atoms with van der Waals surface area (Å²) in [7, 11) is 0. The van der Waals surface area contributed by atoms with E-state index in [1.165, 1.54) is 39.3 Å². The Morgan fingerprint density at radius 2 is 1.92 bits per heavy atom. The highest BCUT2D eigenvalue weighted by Crippen LogP contribution is 2.45. The molecule has 182 valence electrons. The first-order valence-corrected chi connectivity index (χ1v) is 14.0. The number of nitrogens with zero attached hydrogens (tertiary/aromatic N) is 3. The molecule has 1 aliphatic heterocycles. The van der Waals surface area contributed by atoms with Crippen molar-refractivity contribution in [2.75, 3.05) is 4.90 Å². The summed E-state index contributed by atoms with van der Waals surface area (Å²) in [5.74, 6) is -1.08. The summed E-state index contributed by atoms with van der Waals surface area (Å²) in [6.07, 6.45) is 0. The van der Waals surface area contributed by atoms with Crippen LogP contribution in [0, 0.1) is 13.8 Å². The number of aryl methyl sites for hydroxylation is 2. The monoisotopic (exact) mass is 553 g/mol. The number of thioether (sulfide) groups is 1. The van der Waals surface area contributed by atoms with Crippen LogP contribution in [-0.2, 0) is 15.3 Å². The molecular weight excluding hydrogens is 534 g/mol. The van der Waals surface area contributed by atoms with Gasteiger partial charge in [0.15, 0.2) is 4.34 Å². The van der Waals surface area contributed by atoms with Crippen molar-refractivity contribution in [3.63, 3.8) is 0 Å². The van der Waals surface area contributed by atoms with Gasteiger partial charge in [0.1, 0.15) is 11.8 Å². The van der Waals surface area contributed by atoms with Gasteiger partial charge >= 0.3 is 5.91 Å². The molecule has 1 unspecified atom stereocenters. The number of carbonyl (C=O) groups excluding carboxylic acids is 2. The molecule has 0 bridgehead atoms. The largest absolute Gasteiger partial charge is 0.507 e. The zero-order chi connectivity index (χ0) is 25.4. The van der Waals surface area contributed by atoms with E-state index >= 15 is 0 Å². The lowest BCUT2D eigenvalue weighted by molar-refractivity contribution is -0.132. The number of hydrogen-bond acceptors (Lipinski definition) is 8. The van der Waals surface area contributed by atoms with Gasteiger partial charge in [-0.15, -0.1) is 21.5 Å². The maximum absolute atomic E-state index is 13.3. The van der Waals surface area contributed by atoms with Crippen LogP contribution in [0.15, 0.2) is 69.9 Å². The summed E-state index contributed by atoms with van der Waals surface area (Å²) in [5, 5.41) is 22.7. The Balaban J connectivity index is 1.53. The number of anilines is 1. The van der Waals surface area contributed by atoms with E-state index in [2.05, 4.69) is 10.2 Å². The normalized spacial score (nSPS) is 17.2. The topological polar surface area (TPSA) is 83.4 Å². The summed E-state index contributed by atoms with van der Waals surface area (Å²) in [5.41, 5.74) is 3.30. The molecule has 0 aliphatic carbocycles. The predicted molar refractivity (Wildman–Crippen MR) is 146 cm³/mol. The first-order valence-electron chi connectivity index (χ1n) is 11.0. The van der Waals surface area contributed by atoms with E-state index in [-0.39, 0.29) is 11.3 Å². The lowest BCUT2D eigenvalue weighted by Gasteiger charge is -2.21. The number of aliphatic hydroxyl groups is 1. The highest BCUT2D eigenvalue weighted by molar-refractivity contribution is 8.00. The lowest BCUT2D eigenvalue weighted by atomic mass is 9.96. The maximum Gasteiger partial charge on any atom is 0.301 e. The van der Waals surface area contributed by atoms with Gasteiger partial charge in [-0.3, -0.25) is 14.5 Å². The quantitative estimate of drug-likeness (QED) is 0.0930.